The van der Waals surface area contributed by atoms with Crippen LogP contribution in [0, 0.1) is 5.92 Å². The first-order valence-corrected chi connectivity index (χ1v) is 5.11. The Morgan fingerprint density at radius 3 is 2.88 bits per heavy atom. The molecule has 5 nitrogen and oxygen atoms in total. The fourth-order valence-corrected chi connectivity index (χ4v) is 1.35. The largest absolute Gasteiger partial charge is 0.454 e. The molecule has 1 aromatic carbocycles. The third-order valence-corrected chi connectivity index (χ3v) is 2.44. The SMILES string of the molecule is CC(CN)C(=O)Nc1ccc2c(c1)OCO2.Cl. The van der Waals surface area contributed by atoms with Gasteiger partial charge in [-0.15, -0.1) is 12.4 Å². The van der Waals surface area contributed by atoms with Crippen LogP contribution in [0.2, 0.25) is 0 Å². The lowest BCUT2D eigenvalue weighted by atomic mass is 10.1. The van der Waals surface area contributed by atoms with Crippen LogP contribution in [0.1, 0.15) is 6.92 Å². The number of fused-ring (bicyclic) bond motifs is 1. The van der Waals surface area contributed by atoms with E-state index in [1.807, 2.05) is 0 Å². The summed E-state index contributed by atoms with van der Waals surface area (Å²) in [5, 5.41) is 2.77. The van der Waals surface area contributed by atoms with E-state index in [1.54, 1.807) is 25.1 Å². The number of hydrogen-bond donors (Lipinski definition) is 2. The predicted molar refractivity (Wildman–Crippen MR) is 66.7 cm³/mol. The van der Waals surface area contributed by atoms with Crippen LogP contribution in [0.3, 0.4) is 0 Å². The monoisotopic (exact) mass is 258 g/mol. The van der Waals surface area contributed by atoms with Gasteiger partial charge in [0, 0.05) is 24.2 Å². The Kier molecular flexibility index (Phi) is 4.60. The summed E-state index contributed by atoms with van der Waals surface area (Å²) in [6, 6.07) is 5.28. The molecule has 0 aromatic heterocycles. The van der Waals surface area contributed by atoms with Crippen molar-refractivity contribution in [1.82, 2.24) is 0 Å². The number of nitrogens with one attached hydrogen (secondary N) is 1. The van der Waals surface area contributed by atoms with E-state index in [9.17, 15) is 4.79 Å². The van der Waals surface area contributed by atoms with Crippen molar-refractivity contribution in [1.29, 1.82) is 0 Å². The molecule has 1 aliphatic rings. The molecular formula is C11H15ClN2O3. The minimum absolute atomic E-state index is 0. The summed E-state index contributed by atoms with van der Waals surface area (Å²) in [6.07, 6.45) is 0. The van der Waals surface area contributed by atoms with Gasteiger partial charge >= 0.3 is 0 Å². The average molecular weight is 259 g/mol. The standard InChI is InChI=1S/C11H14N2O3.ClH/c1-7(5-12)11(14)13-8-2-3-9-10(4-8)16-6-15-9;/h2-4,7H,5-6,12H2,1H3,(H,13,14);1H. The first-order valence-electron chi connectivity index (χ1n) is 5.11. The molecular weight excluding hydrogens is 244 g/mol. The van der Waals surface area contributed by atoms with Crippen LogP contribution in [0.15, 0.2) is 18.2 Å². The molecule has 2 rings (SSSR count). The van der Waals surface area contributed by atoms with E-state index in [0.29, 0.717) is 23.7 Å². The lowest BCUT2D eigenvalue weighted by Gasteiger charge is -2.10. The van der Waals surface area contributed by atoms with Gasteiger partial charge in [-0.25, -0.2) is 0 Å². The normalized spacial score (nSPS) is 13.8. The number of amides is 1. The van der Waals surface area contributed by atoms with Crippen LogP contribution in [0.4, 0.5) is 5.69 Å². The maximum absolute atomic E-state index is 11.6. The Morgan fingerprint density at radius 2 is 2.18 bits per heavy atom. The van der Waals surface area contributed by atoms with Crippen LogP contribution in [0.25, 0.3) is 0 Å². The van der Waals surface area contributed by atoms with Crippen LogP contribution in [-0.4, -0.2) is 19.2 Å². The Hall–Kier alpha value is -1.46. The Morgan fingerprint density at radius 1 is 1.47 bits per heavy atom. The highest BCUT2D eigenvalue weighted by Gasteiger charge is 2.15. The van der Waals surface area contributed by atoms with Crippen molar-refractivity contribution in [2.45, 2.75) is 6.92 Å². The molecule has 94 valence electrons. The van der Waals surface area contributed by atoms with Gasteiger partial charge in [0.1, 0.15) is 0 Å². The van der Waals surface area contributed by atoms with Gasteiger partial charge in [0.25, 0.3) is 0 Å². The molecule has 0 aliphatic carbocycles. The lowest BCUT2D eigenvalue weighted by Crippen LogP contribution is -2.26. The third-order valence-electron chi connectivity index (χ3n) is 2.44. The minimum Gasteiger partial charge on any atom is -0.454 e. The number of halogens is 1. The lowest BCUT2D eigenvalue weighted by molar-refractivity contribution is -0.119. The topological polar surface area (TPSA) is 73.6 Å². The average Bonchev–Trinajstić information content (AvgIpc) is 2.75. The van der Waals surface area contributed by atoms with E-state index in [4.69, 9.17) is 15.2 Å². The number of carbonyl (C=O) groups excluding carboxylic acids is 1. The Balaban J connectivity index is 0.00000144. The zero-order valence-corrected chi connectivity index (χ0v) is 10.3. The first kappa shape index (κ1) is 13.6. The summed E-state index contributed by atoms with van der Waals surface area (Å²) in [7, 11) is 0. The summed E-state index contributed by atoms with van der Waals surface area (Å²) in [5.41, 5.74) is 6.10. The zero-order valence-electron chi connectivity index (χ0n) is 9.43. The van der Waals surface area contributed by atoms with Crippen molar-refractivity contribution in [3.63, 3.8) is 0 Å². The van der Waals surface area contributed by atoms with E-state index in [2.05, 4.69) is 5.32 Å². The van der Waals surface area contributed by atoms with Gasteiger partial charge < -0.3 is 20.5 Å². The van der Waals surface area contributed by atoms with Gasteiger partial charge in [0.2, 0.25) is 12.7 Å². The molecule has 0 saturated heterocycles. The zero-order chi connectivity index (χ0) is 11.5. The second kappa shape index (κ2) is 5.75. The first-order chi connectivity index (χ1) is 7.70. The molecule has 0 radical (unpaired) electrons. The highest BCUT2D eigenvalue weighted by Crippen LogP contribution is 2.34. The number of anilines is 1. The quantitative estimate of drug-likeness (QED) is 0.859. The summed E-state index contributed by atoms with van der Waals surface area (Å²) < 4.78 is 10.4. The molecule has 0 saturated carbocycles. The second-order valence-corrected chi connectivity index (χ2v) is 3.69. The maximum atomic E-state index is 11.6. The van der Waals surface area contributed by atoms with Crippen molar-refractivity contribution in [3.8, 4) is 11.5 Å². The molecule has 1 atom stereocenters. The molecule has 1 unspecified atom stereocenters. The predicted octanol–water partition coefficient (Wildman–Crippen LogP) is 1.37. The van der Waals surface area contributed by atoms with Gasteiger partial charge in [-0.1, -0.05) is 6.92 Å². The molecule has 1 aromatic rings. The highest BCUT2D eigenvalue weighted by molar-refractivity contribution is 5.92. The number of hydrogen-bond acceptors (Lipinski definition) is 4. The van der Waals surface area contributed by atoms with E-state index < -0.39 is 0 Å². The van der Waals surface area contributed by atoms with Crippen molar-refractivity contribution < 1.29 is 14.3 Å². The van der Waals surface area contributed by atoms with Crippen LogP contribution in [-0.2, 0) is 4.79 Å². The molecule has 1 amide bonds. The van der Waals surface area contributed by atoms with Crippen LogP contribution < -0.4 is 20.5 Å². The van der Waals surface area contributed by atoms with Gasteiger partial charge in [0.05, 0.1) is 0 Å². The van der Waals surface area contributed by atoms with Crippen LogP contribution in [0.5, 0.6) is 11.5 Å². The summed E-state index contributed by atoms with van der Waals surface area (Å²) in [4.78, 5) is 11.6. The van der Waals surface area contributed by atoms with Crippen molar-refractivity contribution in [3.05, 3.63) is 18.2 Å². The number of nitrogens with two attached hydrogens (primary N) is 1. The molecule has 1 aliphatic heterocycles. The van der Waals surface area contributed by atoms with Gasteiger partial charge in [0.15, 0.2) is 11.5 Å². The number of carbonyl (C=O) groups is 1. The summed E-state index contributed by atoms with van der Waals surface area (Å²) in [6.45, 7) is 2.34. The van der Waals surface area contributed by atoms with E-state index in [0.717, 1.165) is 0 Å². The molecule has 0 fully saturated rings. The van der Waals surface area contributed by atoms with Gasteiger partial charge in [-0.05, 0) is 12.1 Å². The third kappa shape index (κ3) is 3.01. The Labute approximate surface area is 106 Å². The maximum Gasteiger partial charge on any atom is 0.231 e. The van der Waals surface area contributed by atoms with Crippen molar-refractivity contribution in [2.24, 2.45) is 11.7 Å². The highest BCUT2D eigenvalue weighted by atomic mass is 35.5. The van der Waals surface area contributed by atoms with E-state index >= 15 is 0 Å². The molecule has 1 heterocycles. The fraction of sp³-hybridized carbons (Fsp3) is 0.364. The fourth-order valence-electron chi connectivity index (χ4n) is 1.35. The van der Waals surface area contributed by atoms with E-state index in [1.165, 1.54) is 0 Å². The smallest absolute Gasteiger partial charge is 0.231 e. The molecule has 0 bridgehead atoms. The van der Waals surface area contributed by atoms with Crippen LogP contribution >= 0.6 is 12.4 Å². The van der Waals surface area contributed by atoms with Gasteiger partial charge in [-0.3, -0.25) is 4.79 Å². The molecule has 3 N–H and O–H groups in total. The minimum atomic E-state index is -0.203. The molecule has 0 spiro atoms. The Bertz CT molecular complexity index is 412. The van der Waals surface area contributed by atoms with Crippen molar-refractivity contribution in [2.75, 3.05) is 18.7 Å². The number of ether oxygens (including phenoxy) is 2. The molecule has 17 heavy (non-hydrogen) atoms. The number of benzene rings is 1. The summed E-state index contributed by atoms with van der Waals surface area (Å²) >= 11 is 0. The summed E-state index contributed by atoms with van der Waals surface area (Å²) in [5.74, 6) is 1.05. The van der Waals surface area contributed by atoms with E-state index in [-0.39, 0.29) is 31.0 Å². The van der Waals surface area contributed by atoms with Gasteiger partial charge in [-0.2, -0.15) is 0 Å². The second-order valence-electron chi connectivity index (χ2n) is 3.69. The van der Waals surface area contributed by atoms with Crippen molar-refractivity contribution >= 4 is 24.0 Å². The molecule has 6 heteroatoms. The number of rotatable bonds is 3.